The first-order valence-corrected chi connectivity index (χ1v) is 7.03. The molecule has 0 atom stereocenters. The molecule has 0 unspecified atom stereocenters. The van der Waals surface area contributed by atoms with Crippen molar-refractivity contribution in [3.05, 3.63) is 0 Å². The number of halogens is 3. The Bertz CT molecular complexity index is 337. The van der Waals surface area contributed by atoms with Gasteiger partial charge in [0, 0.05) is 7.05 Å². The monoisotopic (exact) mass is 274 g/mol. The van der Waals surface area contributed by atoms with Crippen molar-refractivity contribution in [2.24, 2.45) is 5.92 Å². The maximum atomic E-state index is 12.1. The van der Waals surface area contributed by atoms with Crippen LogP contribution in [0.1, 0.15) is 12.8 Å². The molecule has 0 bridgehead atoms. The summed E-state index contributed by atoms with van der Waals surface area (Å²) < 4.78 is 60.1. The van der Waals surface area contributed by atoms with Gasteiger partial charge in [-0.3, -0.25) is 0 Å². The molecule has 17 heavy (non-hydrogen) atoms. The highest BCUT2D eigenvalue weighted by Gasteiger charge is 2.35. The second-order valence-corrected chi connectivity index (χ2v) is 6.46. The number of alkyl halides is 3. The molecule has 0 saturated carbocycles. The molecule has 1 heterocycles. The van der Waals surface area contributed by atoms with E-state index in [-0.39, 0.29) is 11.7 Å². The molecule has 0 aliphatic carbocycles. The predicted molar refractivity (Wildman–Crippen MR) is 58.1 cm³/mol. The normalized spacial score (nSPS) is 19.8. The van der Waals surface area contributed by atoms with Gasteiger partial charge in [-0.25, -0.2) is 8.42 Å². The van der Waals surface area contributed by atoms with Crippen molar-refractivity contribution in [2.45, 2.75) is 19.0 Å². The van der Waals surface area contributed by atoms with Gasteiger partial charge in [0.2, 0.25) is 10.0 Å². The van der Waals surface area contributed by atoms with Crippen molar-refractivity contribution in [2.75, 3.05) is 32.4 Å². The molecule has 1 fully saturated rings. The third kappa shape index (κ3) is 5.22. The Morgan fingerprint density at radius 2 is 1.82 bits per heavy atom. The van der Waals surface area contributed by atoms with E-state index < -0.39 is 22.7 Å². The third-order valence-corrected chi connectivity index (χ3v) is 4.75. The molecule has 102 valence electrons. The van der Waals surface area contributed by atoms with Gasteiger partial charge in [0.25, 0.3) is 0 Å². The topological polar surface area (TPSA) is 49.4 Å². The summed E-state index contributed by atoms with van der Waals surface area (Å²) in [6, 6.07) is 0. The van der Waals surface area contributed by atoms with Crippen molar-refractivity contribution in [3.63, 3.8) is 0 Å². The molecule has 4 nitrogen and oxygen atoms in total. The minimum Gasteiger partial charge on any atom is -0.317 e. The van der Waals surface area contributed by atoms with Gasteiger partial charge >= 0.3 is 6.18 Å². The zero-order chi connectivity index (χ0) is 13.1. The van der Waals surface area contributed by atoms with Crippen LogP contribution in [0.25, 0.3) is 0 Å². The number of rotatable bonds is 4. The molecule has 0 aromatic rings. The van der Waals surface area contributed by atoms with E-state index in [1.165, 1.54) is 0 Å². The molecule has 1 saturated heterocycles. The van der Waals surface area contributed by atoms with Crippen LogP contribution in [0.4, 0.5) is 13.2 Å². The lowest BCUT2D eigenvalue weighted by molar-refractivity contribution is -0.134. The Kier molecular flexibility index (Phi) is 4.79. The van der Waals surface area contributed by atoms with Gasteiger partial charge in [-0.2, -0.15) is 17.5 Å². The summed E-state index contributed by atoms with van der Waals surface area (Å²) in [6.45, 7) is 0.0344. The Labute approximate surface area is 99.2 Å². The highest BCUT2D eigenvalue weighted by atomic mass is 32.2. The van der Waals surface area contributed by atoms with E-state index in [4.69, 9.17) is 0 Å². The number of nitrogens with zero attached hydrogens (tertiary/aromatic N) is 1. The van der Waals surface area contributed by atoms with E-state index in [9.17, 15) is 21.6 Å². The lowest BCUT2D eigenvalue weighted by atomic mass is 10.0. The molecule has 8 heteroatoms. The zero-order valence-corrected chi connectivity index (χ0v) is 10.4. The summed E-state index contributed by atoms with van der Waals surface area (Å²) in [5.74, 6) is -0.238. The van der Waals surface area contributed by atoms with Crippen LogP contribution in [0, 0.1) is 5.92 Å². The van der Waals surface area contributed by atoms with Gasteiger partial charge < -0.3 is 5.32 Å². The Balaban J connectivity index is 2.54. The average Bonchev–Trinajstić information content (AvgIpc) is 2.15. The number of nitrogens with one attached hydrogen (secondary N) is 1. The van der Waals surface area contributed by atoms with Gasteiger partial charge in [-0.15, -0.1) is 0 Å². The first-order chi connectivity index (χ1) is 7.71. The van der Waals surface area contributed by atoms with Crippen molar-refractivity contribution >= 4 is 10.0 Å². The predicted octanol–water partition coefficient (Wildman–Crippen LogP) is 0.810. The van der Waals surface area contributed by atoms with Gasteiger partial charge in [-0.1, -0.05) is 0 Å². The fourth-order valence-electron chi connectivity index (χ4n) is 1.82. The number of sulfonamides is 1. The average molecular weight is 274 g/mol. The van der Waals surface area contributed by atoms with Crippen molar-refractivity contribution in [3.8, 4) is 0 Å². The van der Waals surface area contributed by atoms with Crippen molar-refractivity contribution in [1.29, 1.82) is 0 Å². The van der Waals surface area contributed by atoms with E-state index in [0.29, 0.717) is 17.1 Å². The second-order valence-electron chi connectivity index (χ2n) is 4.34. The fraction of sp³-hybridized carbons (Fsp3) is 1.00. The van der Waals surface area contributed by atoms with E-state index in [1.54, 1.807) is 0 Å². The molecule has 0 spiro atoms. The maximum absolute atomic E-state index is 12.1. The lowest BCUT2D eigenvalue weighted by Crippen LogP contribution is -2.40. The fourth-order valence-corrected chi connectivity index (χ4v) is 3.35. The standard InChI is InChI=1S/C9H17F3N2O2S/c1-14(7-9(10,11)12)17(15,16)6-8-2-4-13-5-3-8/h8,13H,2-7H2,1H3. The molecule has 1 N–H and O–H groups in total. The van der Waals surface area contributed by atoms with E-state index in [1.807, 2.05) is 0 Å². The SMILES string of the molecule is CN(CC(F)(F)F)S(=O)(=O)CC1CCNCC1. The largest absolute Gasteiger partial charge is 0.402 e. The highest BCUT2D eigenvalue weighted by molar-refractivity contribution is 7.89. The maximum Gasteiger partial charge on any atom is 0.402 e. The summed E-state index contributed by atoms with van der Waals surface area (Å²) in [7, 11) is -2.83. The smallest absolute Gasteiger partial charge is 0.317 e. The molecular weight excluding hydrogens is 257 g/mol. The van der Waals surface area contributed by atoms with Crippen LogP contribution in [-0.2, 0) is 10.0 Å². The first kappa shape index (κ1) is 14.7. The summed E-state index contributed by atoms with van der Waals surface area (Å²) in [4.78, 5) is 0. The van der Waals surface area contributed by atoms with Crippen LogP contribution < -0.4 is 5.32 Å². The minimum absolute atomic E-state index is 0.0445. The molecule has 0 radical (unpaired) electrons. The van der Waals surface area contributed by atoms with Crippen LogP contribution in [0.2, 0.25) is 0 Å². The van der Waals surface area contributed by atoms with E-state index in [0.717, 1.165) is 20.1 Å². The lowest BCUT2D eigenvalue weighted by Gasteiger charge is -2.25. The van der Waals surface area contributed by atoms with Crippen molar-refractivity contribution in [1.82, 2.24) is 9.62 Å². The molecule has 0 aromatic heterocycles. The van der Waals surface area contributed by atoms with Gasteiger partial charge in [-0.05, 0) is 31.8 Å². The molecular formula is C9H17F3N2O2S. The third-order valence-electron chi connectivity index (χ3n) is 2.78. The highest BCUT2D eigenvalue weighted by Crippen LogP contribution is 2.20. The number of hydrogen-bond donors (Lipinski definition) is 1. The van der Waals surface area contributed by atoms with Crippen LogP contribution in [0.5, 0.6) is 0 Å². The Morgan fingerprint density at radius 3 is 2.29 bits per heavy atom. The summed E-state index contributed by atoms with van der Waals surface area (Å²) in [6.07, 6.45) is -3.10. The van der Waals surface area contributed by atoms with Crippen LogP contribution in [0.15, 0.2) is 0 Å². The number of piperidine rings is 1. The molecule has 0 aromatic carbocycles. The quantitative estimate of drug-likeness (QED) is 0.825. The Morgan fingerprint density at radius 1 is 1.29 bits per heavy atom. The molecule has 0 amide bonds. The van der Waals surface area contributed by atoms with Gasteiger partial charge in [0.15, 0.2) is 0 Å². The van der Waals surface area contributed by atoms with E-state index >= 15 is 0 Å². The minimum atomic E-state index is -4.49. The molecule has 1 rings (SSSR count). The Hall–Kier alpha value is -0.340. The van der Waals surface area contributed by atoms with Crippen LogP contribution >= 0.6 is 0 Å². The van der Waals surface area contributed by atoms with Gasteiger partial charge in [0.1, 0.15) is 6.54 Å². The first-order valence-electron chi connectivity index (χ1n) is 5.42. The number of hydrogen-bond acceptors (Lipinski definition) is 3. The zero-order valence-electron chi connectivity index (χ0n) is 9.63. The van der Waals surface area contributed by atoms with Gasteiger partial charge in [0.05, 0.1) is 5.75 Å². The van der Waals surface area contributed by atoms with Crippen LogP contribution in [-0.4, -0.2) is 51.3 Å². The van der Waals surface area contributed by atoms with E-state index in [2.05, 4.69) is 5.32 Å². The molecule has 1 aliphatic rings. The summed E-state index contributed by atoms with van der Waals surface area (Å²) in [5.41, 5.74) is 0. The van der Waals surface area contributed by atoms with Crippen molar-refractivity contribution < 1.29 is 21.6 Å². The second kappa shape index (κ2) is 5.53. The summed E-state index contributed by atoms with van der Waals surface area (Å²) >= 11 is 0. The van der Waals surface area contributed by atoms with Crippen LogP contribution in [0.3, 0.4) is 0 Å². The molecule has 1 aliphatic heterocycles. The summed E-state index contributed by atoms with van der Waals surface area (Å²) in [5, 5.41) is 3.08.